The lowest BCUT2D eigenvalue weighted by molar-refractivity contribution is 0.0985. The number of benzene rings is 2. The third-order valence-corrected chi connectivity index (χ3v) is 6.39. The summed E-state index contributed by atoms with van der Waals surface area (Å²) in [5.74, 6) is -2.79. The van der Waals surface area contributed by atoms with Crippen LogP contribution in [0.5, 0.6) is 0 Å². The topological polar surface area (TPSA) is 105 Å². The molecule has 0 aliphatic carbocycles. The molecule has 2 heterocycles. The summed E-state index contributed by atoms with van der Waals surface area (Å²) in [5.41, 5.74) is 1.02. The molecule has 0 aliphatic heterocycles. The van der Waals surface area contributed by atoms with Crippen molar-refractivity contribution >= 4 is 32.7 Å². The molecular formula is C25H26F2N4O3S. The molecular weight excluding hydrogens is 474 g/mol. The summed E-state index contributed by atoms with van der Waals surface area (Å²) in [6, 6.07) is 12.9. The van der Waals surface area contributed by atoms with Gasteiger partial charge in [0.1, 0.15) is 11.6 Å². The van der Waals surface area contributed by atoms with Crippen molar-refractivity contribution in [2.45, 2.75) is 33.6 Å². The first-order valence-electron chi connectivity index (χ1n) is 11.2. The molecule has 0 fully saturated rings. The number of carbonyl (C=O) groups excluding carboxylic acids is 1. The van der Waals surface area contributed by atoms with E-state index < -0.39 is 38.7 Å². The van der Waals surface area contributed by atoms with E-state index in [1.807, 2.05) is 44.2 Å². The zero-order chi connectivity index (χ0) is 25.6. The molecule has 4 rings (SSSR count). The Morgan fingerprint density at radius 1 is 1.09 bits per heavy atom. The molecule has 0 atom stereocenters. The Labute approximate surface area is 202 Å². The summed E-state index contributed by atoms with van der Waals surface area (Å²) < 4.78 is 55.2. The smallest absolute Gasteiger partial charge is 0.232 e. The summed E-state index contributed by atoms with van der Waals surface area (Å²) in [6.45, 7) is 5.66. The Bertz CT molecular complexity index is 1440. The van der Waals surface area contributed by atoms with Gasteiger partial charge in [0, 0.05) is 18.2 Å². The molecule has 0 bridgehead atoms. The van der Waals surface area contributed by atoms with Crippen molar-refractivity contribution in [2.75, 3.05) is 10.5 Å². The number of anilines is 1. The van der Waals surface area contributed by atoms with Gasteiger partial charge in [0.05, 0.1) is 22.5 Å². The second-order valence-electron chi connectivity index (χ2n) is 7.47. The first-order chi connectivity index (χ1) is 16.8. The van der Waals surface area contributed by atoms with Gasteiger partial charge < -0.3 is 4.98 Å². The fraction of sp³-hybridized carbons (Fsp3) is 0.240. The van der Waals surface area contributed by atoms with E-state index in [4.69, 9.17) is 0 Å². The first kappa shape index (κ1) is 26.0. The lowest BCUT2D eigenvalue weighted by Gasteiger charge is -2.11. The minimum absolute atomic E-state index is 0.228. The highest BCUT2D eigenvalue weighted by atomic mass is 32.2. The number of aromatic nitrogens is 3. The number of carbonyl (C=O) groups is 1. The maximum absolute atomic E-state index is 14.9. The van der Waals surface area contributed by atoms with Crippen molar-refractivity contribution in [3.05, 3.63) is 77.5 Å². The predicted molar refractivity (Wildman–Crippen MR) is 133 cm³/mol. The van der Waals surface area contributed by atoms with Crippen LogP contribution in [0.4, 0.5) is 14.5 Å². The second kappa shape index (κ2) is 11.2. The maximum Gasteiger partial charge on any atom is 0.232 e. The number of rotatable bonds is 8. The number of ketones is 1. The second-order valence-corrected chi connectivity index (χ2v) is 9.31. The Balaban J connectivity index is 0.00000167. The van der Waals surface area contributed by atoms with Crippen LogP contribution in [0.1, 0.15) is 43.1 Å². The van der Waals surface area contributed by atoms with Gasteiger partial charge in [-0.3, -0.25) is 9.52 Å². The SMILES string of the molecule is CC.CCCS(=O)(=O)Nc1ccc(F)c(C(=O)Cc2cnc3nc(-c4ccccc4)[nH]c3c2)c1F. The van der Waals surface area contributed by atoms with E-state index in [1.165, 1.54) is 6.20 Å². The minimum atomic E-state index is -3.81. The number of hydrogen-bond donors (Lipinski definition) is 2. The Kier molecular flexibility index (Phi) is 8.29. The molecule has 0 saturated carbocycles. The molecule has 4 aromatic rings. The maximum atomic E-state index is 14.9. The van der Waals surface area contributed by atoms with Crippen LogP contribution < -0.4 is 4.72 Å². The van der Waals surface area contributed by atoms with Crippen LogP contribution in [0, 0.1) is 11.6 Å². The third kappa shape index (κ3) is 6.07. The number of H-pyrrole nitrogens is 1. The van der Waals surface area contributed by atoms with Crippen molar-refractivity contribution < 1.29 is 22.0 Å². The van der Waals surface area contributed by atoms with E-state index in [0.717, 1.165) is 17.7 Å². The van der Waals surface area contributed by atoms with E-state index in [-0.39, 0.29) is 12.2 Å². The number of sulfonamides is 1. The van der Waals surface area contributed by atoms with E-state index in [1.54, 1.807) is 13.0 Å². The molecule has 2 aromatic carbocycles. The monoisotopic (exact) mass is 500 g/mol. The molecule has 35 heavy (non-hydrogen) atoms. The lowest BCUT2D eigenvalue weighted by atomic mass is 10.0. The number of nitrogens with one attached hydrogen (secondary N) is 2. The average Bonchev–Trinajstić information content (AvgIpc) is 3.26. The quantitative estimate of drug-likeness (QED) is 0.311. The molecule has 0 aliphatic rings. The van der Waals surface area contributed by atoms with E-state index in [0.29, 0.717) is 29.0 Å². The van der Waals surface area contributed by atoms with Gasteiger partial charge in [-0.15, -0.1) is 0 Å². The fourth-order valence-electron chi connectivity index (χ4n) is 3.42. The highest BCUT2D eigenvalue weighted by Gasteiger charge is 2.23. The normalized spacial score (nSPS) is 11.1. The van der Waals surface area contributed by atoms with E-state index in [9.17, 15) is 22.0 Å². The number of fused-ring (bicyclic) bond motifs is 1. The van der Waals surface area contributed by atoms with Gasteiger partial charge in [-0.1, -0.05) is 51.1 Å². The van der Waals surface area contributed by atoms with Crippen LogP contribution >= 0.6 is 0 Å². The highest BCUT2D eigenvalue weighted by Crippen LogP contribution is 2.25. The average molecular weight is 501 g/mol. The van der Waals surface area contributed by atoms with Crippen LogP contribution in [-0.2, 0) is 16.4 Å². The van der Waals surface area contributed by atoms with Crippen molar-refractivity contribution in [1.82, 2.24) is 15.0 Å². The molecule has 10 heteroatoms. The van der Waals surface area contributed by atoms with Gasteiger partial charge in [0.2, 0.25) is 10.0 Å². The van der Waals surface area contributed by atoms with E-state index in [2.05, 4.69) is 19.7 Å². The number of halogens is 2. The lowest BCUT2D eigenvalue weighted by Crippen LogP contribution is -2.19. The van der Waals surface area contributed by atoms with Crippen molar-refractivity contribution in [3.63, 3.8) is 0 Å². The number of Topliss-reactive ketones (excluding diaryl/α,β-unsaturated/α-hetero) is 1. The number of nitrogens with zero attached hydrogens (tertiary/aromatic N) is 2. The highest BCUT2D eigenvalue weighted by molar-refractivity contribution is 7.92. The Hall–Kier alpha value is -3.66. The molecule has 0 radical (unpaired) electrons. The number of hydrogen-bond acceptors (Lipinski definition) is 5. The molecule has 0 amide bonds. The third-order valence-electron chi connectivity index (χ3n) is 4.91. The minimum Gasteiger partial charge on any atom is -0.337 e. The first-order valence-corrected chi connectivity index (χ1v) is 12.8. The number of imidazole rings is 1. The van der Waals surface area contributed by atoms with Gasteiger partial charge >= 0.3 is 0 Å². The van der Waals surface area contributed by atoms with Crippen molar-refractivity contribution in [3.8, 4) is 11.4 Å². The predicted octanol–water partition coefficient (Wildman–Crippen LogP) is 5.51. The van der Waals surface area contributed by atoms with Crippen LogP contribution in [0.3, 0.4) is 0 Å². The standard InChI is InChI=1S/C23H20F2N4O3S.C2H6/c1-2-10-33(31,32)29-17-9-8-16(24)20(21(17)25)19(30)12-14-11-18-23(26-13-14)28-22(27-18)15-6-4-3-5-7-15;1-2/h3-9,11,13,29H,2,10,12H2,1H3,(H,26,27,28);1-2H3. The molecule has 7 nitrogen and oxygen atoms in total. The van der Waals surface area contributed by atoms with Gasteiger partial charge in [0.15, 0.2) is 17.2 Å². The molecule has 2 N–H and O–H groups in total. The van der Waals surface area contributed by atoms with Gasteiger partial charge in [-0.05, 0) is 30.2 Å². The summed E-state index contributed by atoms with van der Waals surface area (Å²) in [7, 11) is -3.81. The summed E-state index contributed by atoms with van der Waals surface area (Å²) in [5, 5.41) is 0. The summed E-state index contributed by atoms with van der Waals surface area (Å²) in [6.07, 6.45) is 1.40. The van der Waals surface area contributed by atoms with Crippen molar-refractivity contribution in [2.24, 2.45) is 0 Å². The molecule has 0 spiro atoms. The molecule has 0 unspecified atom stereocenters. The Morgan fingerprint density at radius 3 is 2.49 bits per heavy atom. The largest absolute Gasteiger partial charge is 0.337 e. The molecule has 184 valence electrons. The number of pyridine rings is 1. The van der Waals surface area contributed by atoms with Crippen LogP contribution in [0.25, 0.3) is 22.6 Å². The molecule has 0 saturated heterocycles. The zero-order valence-electron chi connectivity index (χ0n) is 19.6. The van der Waals surface area contributed by atoms with Crippen LogP contribution in [0.15, 0.2) is 54.7 Å². The van der Waals surface area contributed by atoms with E-state index >= 15 is 0 Å². The molecule has 2 aromatic heterocycles. The van der Waals surface area contributed by atoms with Crippen molar-refractivity contribution in [1.29, 1.82) is 0 Å². The van der Waals surface area contributed by atoms with Gasteiger partial charge in [-0.2, -0.15) is 0 Å². The van der Waals surface area contributed by atoms with Crippen LogP contribution in [-0.4, -0.2) is 34.9 Å². The van der Waals surface area contributed by atoms with Gasteiger partial charge in [-0.25, -0.2) is 27.2 Å². The fourth-order valence-corrected chi connectivity index (χ4v) is 4.55. The summed E-state index contributed by atoms with van der Waals surface area (Å²) >= 11 is 0. The number of aromatic amines is 1. The summed E-state index contributed by atoms with van der Waals surface area (Å²) in [4.78, 5) is 24.5. The van der Waals surface area contributed by atoms with Crippen LogP contribution in [0.2, 0.25) is 0 Å². The zero-order valence-corrected chi connectivity index (χ0v) is 20.4. The van der Waals surface area contributed by atoms with Gasteiger partial charge in [0.25, 0.3) is 0 Å². The Morgan fingerprint density at radius 2 is 1.80 bits per heavy atom.